The van der Waals surface area contributed by atoms with Gasteiger partial charge in [-0.1, -0.05) is 31.0 Å². The van der Waals surface area contributed by atoms with Crippen molar-refractivity contribution in [3.63, 3.8) is 0 Å². The summed E-state index contributed by atoms with van der Waals surface area (Å²) < 4.78 is 3.31. The van der Waals surface area contributed by atoms with Crippen molar-refractivity contribution in [2.24, 2.45) is 0 Å². The second kappa shape index (κ2) is 8.00. The maximum absolute atomic E-state index is 12.2. The number of halogens is 1. The Balaban J connectivity index is 1.77. The lowest BCUT2D eigenvalue weighted by atomic mass is 10.2. The molecule has 4 rings (SSSR count). The number of anilines is 1. The minimum atomic E-state index is -0.0482. The van der Waals surface area contributed by atoms with Crippen LogP contribution < -0.4 is 5.32 Å². The lowest BCUT2D eigenvalue weighted by molar-refractivity contribution is -0.116. The number of rotatable bonds is 6. The Morgan fingerprint density at radius 3 is 2.86 bits per heavy atom. The quantitative estimate of drug-likeness (QED) is 0.518. The summed E-state index contributed by atoms with van der Waals surface area (Å²) in [7, 11) is 0. The van der Waals surface area contributed by atoms with Gasteiger partial charge in [-0.3, -0.25) is 4.79 Å². The Kier molecular flexibility index (Phi) is 5.26. The summed E-state index contributed by atoms with van der Waals surface area (Å²) in [6.07, 6.45) is 5.40. The van der Waals surface area contributed by atoms with Gasteiger partial charge in [0.05, 0.1) is 23.0 Å². The van der Waals surface area contributed by atoms with Gasteiger partial charge in [-0.25, -0.2) is 14.6 Å². The van der Waals surface area contributed by atoms with Crippen LogP contribution in [-0.4, -0.2) is 35.4 Å². The van der Waals surface area contributed by atoms with E-state index in [0.717, 1.165) is 24.2 Å². The Bertz CT molecular complexity index is 1180. The van der Waals surface area contributed by atoms with Crippen LogP contribution in [0.4, 0.5) is 5.82 Å². The molecule has 0 unspecified atom stereocenters. The first-order chi connectivity index (χ1) is 14.1. The van der Waals surface area contributed by atoms with Crippen molar-refractivity contribution in [1.29, 1.82) is 0 Å². The Hall–Kier alpha value is -3.26. The standard InChI is InChI=1S/C20H20ClN7O/c1-3-4-8-18(29)25-17-9-13(2)26-28(17)20-16-11-24-27(19(16)22-12-23-20)15-7-5-6-14(21)10-15/h5-7,9-12H,3-4,8H2,1-2H3,(H,25,29). The average molecular weight is 410 g/mol. The van der Waals surface area contributed by atoms with E-state index in [1.165, 1.54) is 6.33 Å². The number of aromatic nitrogens is 6. The van der Waals surface area contributed by atoms with Crippen LogP contribution in [0, 0.1) is 6.92 Å². The molecular formula is C20H20ClN7O. The minimum Gasteiger partial charge on any atom is -0.311 e. The number of unbranched alkanes of at least 4 members (excludes halogenated alkanes) is 1. The summed E-state index contributed by atoms with van der Waals surface area (Å²) in [4.78, 5) is 21.0. The van der Waals surface area contributed by atoms with Gasteiger partial charge >= 0.3 is 0 Å². The normalized spacial score (nSPS) is 11.1. The molecule has 29 heavy (non-hydrogen) atoms. The van der Waals surface area contributed by atoms with Crippen LogP contribution in [0.15, 0.2) is 42.9 Å². The van der Waals surface area contributed by atoms with Crippen molar-refractivity contribution >= 4 is 34.4 Å². The highest BCUT2D eigenvalue weighted by Gasteiger charge is 2.17. The maximum Gasteiger partial charge on any atom is 0.225 e. The van der Waals surface area contributed by atoms with Gasteiger partial charge in [-0.05, 0) is 31.5 Å². The number of nitrogens with zero attached hydrogens (tertiary/aromatic N) is 6. The molecule has 0 aliphatic rings. The molecule has 148 valence electrons. The molecule has 1 amide bonds. The summed E-state index contributed by atoms with van der Waals surface area (Å²) in [6.45, 7) is 3.92. The molecule has 0 radical (unpaired) electrons. The summed E-state index contributed by atoms with van der Waals surface area (Å²) in [5.41, 5.74) is 2.18. The van der Waals surface area contributed by atoms with E-state index in [4.69, 9.17) is 11.6 Å². The number of carbonyl (C=O) groups is 1. The van der Waals surface area contributed by atoms with Crippen LogP contribution in [0.5, 0.6) is 0 Å². The third-order valence-electron chi connectivity index (χ3n) is 4.45. The number of fused-ring (bicyclic) bond motifs is 1. The van der Waals surface area contributed by atoms with Crippen LogP contribution in [0.25, 0.3) is 22.5 Å². The van der Waals surface area contributed by atoms with Crippen molar-refractivity contribution in [2.75, 3.05) is 5.32 Å². The second-order valence-corrected chi connectivity index (χ2v) is 7.14. The molecule has 0 aliphatic carbocycles. The third kappa shape index (κ3) is 3.84. The van der Waals surface area contributed by atoms with Crippen molar-refractivity contribution in [2.45, 2.75) is 33.1 Å². The van der Waals surface area contributed by atoms with Crippen molar-refractivity contribution < 1.29 is 4.79 Å². The van der Waals surface area contributed by atoms with E-state index in [1.807, 2.05) is 31.2 Å². The van der Waals surface area contributed by atoms with E-state index in [9.17, 15) is 4.79 Å². The maximum atomic E-state index is 12.2. The fraction of sp³-hybridized carbons (Fsp3) is 0.250. The first-order valence-electron chi connectivity index (χ1n) is 9.38. The zero-order chi connectivity index (χ0) is 20.4. The number of benzene rings is 1. The van der Waals surface area contributed by atoms with E-state index in [-0.39, 0.29) is 5.91 Å². The Morgan fingerprint density at radius 2 is 2.07 bits per heavy atom. The van der Waals surface area contributed by atoms with Crippen molar-refractivity contribution in [3.05, 3.63) is 53.6 Å². The van der Waals surface area contributed by atoms with Crippen molar-refractivity contribution in [1.82, 2.24) is 29.5 Å². The largest absolute Gasteiger partial charge is 0.311 e. The first kappa shape index (κ1) is 19.1. The number of carbonyl (C=O) groups excluding carboxylic acids is 1. The third-order valence-corrected chi connectivity index (χ3v) is 4.69. The molecule has 0 atom stereocenters. The second-order valence-electron chi connectivity index (χ2n) is 6.71. The molecule has 0 saturated carbocycles. The highest BCUT2D eigenvalue weighted by Crippen LogP contribution is 2.25. The summed E-state index contributed by atoms with van der Waals surface area (Å²) >= 11 is 6.12. The summed E-state index contributed by atoms with van der Waals surface area (Å²) in [5, 5.41) is 13.2. The smallest absolute Gasteiger partial charge is 0.225 e. The van der Waals surface area contributed by atoms with Gasteiger partial charge in [0.2, 0.25) is 5.91 Å². The van der Waals surface area contributed by atoms with Crippen LogP contribution in [-0.2, 0) is 4.79 Å². The van der Waals surface area contributed by atoms with E-state index in [1.54, 1.807) is 21.6 Å². The van der Waals surface area contributed by atoms with Gasteiger partial charge < -0.3 is 5.32 Å². The van der Waals surface area contributed by atoms with E-state index < -0.39 is 0 Å². The predicted octanol–water partition coefficient (Wildman–Crippen LogP) is 4.09. The molecule has 3 heterocycles. The molecule has 8 nitrogen and oxygen atoms in total. The molecule has 4 aromatic rings. The first-order valence-corrected chi connectivity index (χ1v) is 9.76. The Labute approximate surface area is 172 Å². The fourth-order valence-electron chi connectivity index (χ4n) is 3.09. The van der Waals surface area contributed by atoms with Crippen LogP contribution in [0.3, 0.4) is 0 Å². The van der Waals surface area contributed by atoms with Crippen LogP contribution in [0.2, 0.25) is 5.02 Å². The van der Waals surface area contributed by atoms with Gasteiger partial charge in [-0.15, -0.1) is 0 Å². The number of hydrogen-bond donors (Lipinski definition) is 1. The average Bonchev–Trinajstić information content (AvgIpc) is 3.29. The highest BCUT2D eigenvalue weighted by molar-refractivity contribution is 6.30. The summed E-state index contributed by atoms with van der Waals surface area (Å²) in [5.74, 6) is 1.06. The summed E-state index contributed by atoms with van der Waals surface area (Å²) in [6, 6.07) is 9.19. The molecule has 0 bridgehead atoms. The zero-order valence-electron chi connectivity index (χ0n) is 16.1. The minimum absolute atomic E-state index is 0.0482. The molecule has 9 heteroatoms. The van der Waals surface area contributed by atoms with Gasteiger partial charge in [0, 0.05) is 17.5 Å². The van der Waals surface area contributed by atoms with E-state index in [0.29, 0.717) is 34.1 Å². The Morgan fingerprint density at radius 1 is 1.21 bits per heavy atom. The lowest BCUT2D eigenvalue weighted by Crippen LogP contribution is -2.15. The number of nitrogens with one attached hydrogen (secondary N) is 1. The zero-order valence-corrected chi connectivity index (χ0v) is 16.9. The van der Waals surface area contributed by atoms with Gasteiger partial charge in [0.1, 0.15) is 12.1 Å². The molecular weight excluding hydrogens is 390 g/mol. The fourth-order valence-corrected chi connectivity index (χ4v) is 3.27. The predicted molar refractivity (Wildman–Crippen MR) is 112 cm³/mol. The highest BCUT2D eigenvalue weighted by atomic mass is 35.5. The topological polar surface area (TPSA) is 90.5 Å². The molecule has 0 fully saturated rings. The van der Waals surface area contributed by atoms with Gasteiger partial charge in [-0.2, -0.15) is 14.9 Å². The molecule has 1 aromatic carbocycles. The van der Waals surface area contributed by atoms with Crippen LogP contribution >= 0.6 is 11.6 Å². The molecule has 3 aromatic heterocycles. The molecule has 0 saturated heterocycles. The molecule has 0 spiro atoms. The van der Waals surface area contributed by atoms with E-state index in [2.05, 4.69) is 32.4 Å². The molecule has 1 N–H and O–H groups in total. The monoisotopic (exact) mass is 409 g/mol. The van der Waals surface area contributed by atoms with E-state index >= 15 is 0 Å². The lowest BCUT2D eigenvalue weighted by Gasteiger charge is -2.09. The number of aryl methyl sites for hydroxylation is 1. The SMILES string of the molecule is CCCCC(=O)Nc1cc(C)nn1-c1ncnc2c1cnn2-c1cccc(Cl)c1. The number of amides is 1. The molecule has 0 aliphatic heterocycles. The van der Waals surface area contributed by atoms with Gasteiger partial charge in [0.25, 0.3) is 0 Å². The van der Waals surface area contributed by atoms with Crippen LogP contribution in [0.1, 0.15) is 31.9 Å². The van der Waals surface area contributed by atoms with Gasteiger partial charge in [0.15, 0.2) is 11.5 Å². The van der Waals surface area contributed by atoms with Crippen molar-refractivity contribution in [3.8, 4) is 11.5 Å². The number of hydrogen-bond acceptors (Lipinski definition) is 5.